The van der Waals surface area contributed by atoms with Crippen LogP contribution in [0, 0.1) is 0 Å². The molecule has 0 heterocycles. The van der Waals surface area contributed by atoms with E-state index in [1.807, 2.05) is 121 Å². The maximum atomic E-state index is 14.4. The summed E-state index contributed by atoms with van der Waals surface area (Å²) < 4.78 is 21.0. The third kappa shape index (κ3) is 3.98. The number of hydrogen-bond donors (Lipinski definition) is 1. The highest BCUT2D eigenvalue weighted by Gasteiger charge is 2.32. The average Bonchev–Trinajstić information content (AvgIpc) is 2.80. The molecule has 0 aliphatic heterocycles. The third-order valence-corrected chi connectivity index (χ3v) is 9.43. The van der Waals surface area contributed by atoms with Gasteiger partial charge in [0.25, 0.3) is 7.37 Å². The van der Waals surface area contributed by atoms with Crippen molar-refractivity contribution in [1.29, 1.82) is 0 Å². The summed E-state index contributed by atoms with van der Waals surface area (Å²) in [6.45, 7) is 0. The zero-order chi connectivity index (χ0) is 19.2. The van der Waals surface area contributed by atoms with Crippen molar-refractivity contribution in [2.45, 2.75) is 9.79 Å². The van der Waals surface area contributed by atoms with Gasteiger partial charge in [0.15, 0.2) is 0 Å². The van der Waals surface area contributed by atoms with E-state index in [0.717, 1.165) is 9.79 Å². The number of rotatable bonds is 6. The van der Waals surface area contributed by atoms with E-state index >= 15 is 0 Å². The van der Waals surface area contributed by atoms with Gasteiger partial charge in [0.05, 0.1) is 0 Å². The molecular weight excluding hydrogens is 383 g/mol. The van der Waals surface area contributed by atoms with Crippen molar-refractivity contribution >= 4 is 29.2 Å². The molecule has 4 rings (SSSR count). The van der Waals surface area contributed by atoms with Gasteiger partial charge in [-0.1, -0.05) is 84.0 Å². The molecule has 0 aliphatic rings. The molecule has 4 aromatic rings. The van der Waals surface area contributed by atoms with Gasteiger partial charge in [-0.05, 0) is 48.5 Å². The first-order valence-corrected chi connectivity index (χ1v) is 12.0. The van der Waals surface area contributed by atoms with Crippen LogP contribution in [0.25, 0.3) is 0 Å². The monoisotopic (exact) mass is 404 g/mol. The lowest BCUT2D eigenvalue weighted by atomic mass is 10.4. The topological polar surface area (TPSA) is 26.3 Å². The Morgan fingerprint density at radius 3 is 1.18 bits per heavy atom. The van der Waals surface area contributed by atoms with Gasteiger partial charge < -0.3 is 0 Å². The molecule has 2 nitrogen and oxygen atoms in total. The predicted octanol–water partition coefficient (Wildman–Crippen LogP) is 5.97. The quantitative estimate of drug-likeness (QED) is 0.317. The first kappa shape index (κ1) is 18.8. The Hall–Kier alpha value is -2.58. The fraction of sp³-hybridized carbons (Fsp3) is 0. The van der Waals surface area contributed by atoms with Crippen molar-refractivity contribution in [2.24, 2.45) is 0 Å². The maximum absolute atomic E-state index is 14.4. The molecule has 0 radical (unpaired) electrons. The van der Waals surface area contributed by atoms with Crippen LogP contribution in [0.2, 0.25) is 0 Å². The molecule has 4 aromatic carbocycles. The summed E-state index contributed by atoms with van der Waals surface area (Å²) in [5.74, 6) is 0. The van der Waals surface area contributed by atoms with E-state index in [9.17, 15) is 4.57 Å². The molecule has 0 aliphatic carbocycles. The second kappa shape index (κ2) is 8.62. The fourth-order valence-corrected chi connectivity index (χ4v) is 8.02. The van der Waals surface area contributed by atoms with Crippen LogP contribution in [0.1, 0.15) is 0 Å². The number of benzene rings is 4. The van der Waals surface area contributed by atoms with Crippen LogP contribution in [0.5, 0.6) is 0 Å². The molecule has 0 unspecified atom stereocenters. The Balaban J connectivity index is 1.85. The smallest absolute Gasteiger partial charge is 0.270 e. The highest BCUT2D eigenvalue weighted by molar-refractivity contribution is 8.16. The summed E-state index contributed by atoms with van der Waals surface area (Å²) >= 11 is -1.25. The molecule has 0 aromatic heterocycles. The Bertz CT molecular complexity index is 972. The van der Waals surface area contributed by atoms with E-state index in [1.54, 1.807) is 0 Å². The standard InChI is InChI=1S/C24H21O2PS/c25-27(21-13-5-1-6-14-21,22-15-7-2-8-16-22)26-28(23-17-9-3-10-18-23)24-19-11-4-12-20-24/h1-20,28H. The van der Waals surface area contributed by atoms with Crippen molar-refractivity contribution in [3.63, 3.8) is 0 Å². The van der Waals surface area contributed by atoms with Crippen LogP contribution in [-0.2, 0) is 8.54 Å². The summed E-state index contributed by atoms with van der Waals surface area (Å²) in [5.41, 5.74) is 0. The molecule has 0 bridgehead atoms. The normalized spacial score (nSPS) is 11.8. The van der Waals surface area contributed by atoms with Crippen molar-refractivity contribution in [1.82, 2.24) is 0 Å². The lowest BCUT2D eigenvalue weighted by Gasteiger charge is -2.29. The molecular formula is C24H21O2PS. The first-order chi connectivity index (χ1) is 13.8. The number of hydrogen-bond acceptors (Lipinski definition) is 2. The second-order valence-corrected chi connectivity index (χ2v) is 10.7. The maximum Gasteiger partial charge on any atom is 0.270 e. The molecule has 0 fully saturated rings. The summed E-state index contributed by atoms with van der Waals surface area (Å²) in [5, 5.41) is 1.42. The van der Waals surface area contributed by atoms with Crippen LogP contribution < -0.4 is 10.6 Å². The van der Waals surface area contributed by atoms with Crippen molar-refractivity contribution in [3.05, 3.63) is 121 Å². The largest absolute Gasteiger partial charge is 0.282 e. The van der Waals surface area contributed by atoms with Crippen LogP contribution in [0.3, 0.4) is 0 Å². The van der Waals surface area contributed by atoms with Gasteiger partial charge in [-0.2, -0.15) is 0 Å². The molecule has 0 saturated heterocycles. The summed E-state index contributed by atoms with van der Waals surface area (Å²) in [6, 6.07) is 39.1. The molecule has 0 amide bonds. The van der Waals surface area contributed by atoms with Crippen LogP contribution in [0.15, 0.2) is 131 Å². The van der Waals surface area contributed by atoms with Gasteiger partial charge >= 0.3 is 0 Å². The van der Waals surface area contributed by atoms with E-state index in [0.29, 0.717) is 10.6 Å². The van der Waals surface area contributed by atoms with E-state index in [2.05, 4.69) is 0 Å². The highest BCUT2D eigenvalue weighted by atomic mass is 32.2. The van der Waals surface area contributed by atoms with Crippen molar-refractivity contribution in [2.75, 3.05) is 0 Å². The van der Waals surface area contributed by atoms with Gasteiger partial charge in [0.1, 0.15) is 0 Å². The zero-order valence-electron chi connectivity index (χ0n) is 15.3. The molecule has 4 heteroatoms. The van der Waals surface area contributed by atoms with Crippen molar-refractivity contribution < 1.29 is 8.54 Å². The highest BCUT2D eigenvalue weighted by Crippen LogP contribution is 2.59. The molecule has 0 saturated carbocycles. The Morgan fingerprint density at radius 2 is 0.821 bits per heavy atom. The molecule has 0 N–H and O–H groups in total. The summed E-state index contributed by atoms with van der Waals surface area (Å²) in [6.07, 6.45) is 0. The number of thiol groups is 1. The van der Waals surface area contributed by atoms with E-state index in [1.165, 1.54) is 0 Å². The van der Waals surface area contributed by atoms with E-state index < -0.39 is 18.5 Å². The average molecular weight is 404 g/mol. The molecule has 0 spiro atoms. The van der Waals surface area contributed by atoms with Crippen LogP contribution in [0.4, 0.5) is 0 Å². The van der Waals surface area contributed by atoms with Gasteiger partial charge in [-0.15, -0.1) is 0 Å². The molecule has 28 heavy (non-hydrogen) atoms. The minimum absolute atomic E-state index is 0.709. The lowest BCUT2D eigenvalue weighted by molar-refractivity contribution is 0.528. The zero-order valence-corrected chi connectivity index (χ0v) is 17.0. The van der Waals surface area contributed by atoms with Crippen molar-refractivity contribution in [3.8, 4) is 0 Å². The van der Waals surface area contributed by atoms with Gasteiger partial charge in [-0.25, -0.2) is 0 Å². The Labute approximate surface area is 168 Å². The second-order valence-electron chi connectivity index (χ2n) is 6.27. The minimum atomic E-state index is -3.28. The predicted molar refractivity (Wildman–Crippen MR) is 119 cm³/mol. The third-order valence-electron chi connectivity index (χ3n) is 4.37. The van der Waals surface area contributed by atoms with Crippen LogP contribution in [-0.4, -0.2) is 0 Å². The van der Waals surface area contributed by atoms with E-state index in [4.69, 9.17) is 3.97 Å². The molecule has 0 atom stereocenters. The van der Waals surface area contributed by atoms with Gasteiger partial charge in [-0.3, -0.25) is 8.54 Å². The Morgan fingerprint density at radius 1 is 0.500 bits per heavy atom. The fourth-order valence-electron chi connectivity index (χ4n) is 2.98. The van der Waals surface area contributed by atoms with E-state index in [-0.39, 0.29) is 0 Å². The molecule has 140 valence electrons. The lowest BCUT2D eigenvalue weighted by Crippen LogP contribution is -2.17. The van der Waals surface area contributed by atoms with Gasteiger partial charge in [0, 0.05) is 20.4 Å². The van der Waals surface area contributed by atoms with Gasteiger partial charge in [0.2, 0.25) is 0 Å². The SMILES string of the molecule is O=P(O[SH](c1ccccc1)c1ccccc1)(c1ccccc1)c1ccccc1. The van der Waals surface area contributed by atoms with Crippen LogP contribution >= 0.6 is 18.5 Å². The minimum Gasteiger partial charge on any atom is -0.282 e. The first-order valence-electron chi connectivity index (χ1n) is 9.08. The summed E-state index contributed by atoms with van der Waals surface area (Å²) in [4.78, 5) is 2.08. The Kier molecular flexibility index (Phi) is 5.78. The summed E-state index contributed by atoms with van der Waals surface area (Å²) in [7, 11) is -3.28.